The Morgan fingerprint density at radius 3 is 2.56 bits per heavy atom. The first kappa shape index (κ1) is 7.61. The second kappa shape index (κ2) is 6.61. The Kier molecular flexibility index (Phi) is 5.59. The Morgan fingerprint density at radius 1 is 1.78 bits per heavy atom. The minimum Gasteiger partial charge on any atom is -0.367 e. The molecule has 0 aliphatic heterocycles. The number of rotatable bonds is 1. The standard InChI is InChI=1S/C3H4N2.CH3NO2/c1-2-5-3-4-1;1-4-2-3/h1-3H,(H,4,5);1H3. The van der Waals surface area contributed by atoms with E-state index >= 15 is 0 Å². The molecule has 1 N–H and O–H groups in total. The number of nitrogens with one attached hydrogen (secondary N) is 1. The highest BCUT2D eigenvalue weighted by Gasteiger charge is 1.56. The molecule has 0 fully saturated rings. The highest BCUT2D eigenvalue weighted by Crippen LogP contribution is 1.62. The van der Waals surface area contributed by atoms with Crippen LogP contribution in [-0.4, -0.2) is 17.1 Å². The molecule has 1 aromatic heterocycles. The zero-order chi connectivity index (χ0) is 6.95. The van der Waals surface area contributed by atoms with Gasteiger partial charge in [0.25, 0.3) is 0 Å². The Hall–Kier alpha value is -1.39. The number of aromatic amines is 1. The molecule has 0 radical (unpaired) electrons. The smallest absolute Gasteiger partial charge is 0.154 e. The summed E-state index contributed by atoms with van der Waals surface area (Å²) in [4.78, 5) is 18.7. The normalized spacial score (nSPS) is 6.78. The summed E-state index contributed by atoms with van der Waals surface area (Å²) in [7, 11) is 1.20. The Balaban J connectivity index is 0.000000148. The van der Waals surface area contributed by atoms with Crippen molar-refractivity contribution in [3.8, 4) is 0 Å². The van der Waals surface area contributed by atoms with E-state index in [0.29, 0.717) is 0 Å². The average molecular weight is 129 g/mol. The van der Waals surface area contributed by atoms with Crippen LogP contribution in [0.5, 0.6) is 0 Å². The van der Waals surface area contributed by atoms with Crippen LogP contribution < -0.4 is 0 Å². The number of imidazole rings is 1. The van der Waals surface area contributed by atoms with E-state index < -0.39 is 0 Å². The van der Waals surface area contributed by atoms with Gasteiger partial charge in [-0.1, -0.05) is 0 Å². The highest BCUT2D eigenvalue weighted by atomic mass is 16.7. The summed E-state index contributed by atoms with van der Waals surface area (Å²) in [6.45, 7) is 0. The third-order valence-electron chi connectivity index (χ3n) is 0.480. The number of H-pyrrole nitrogens is 1. The van der Waals surface area contributed by atoms with E-state index in [2.05, 4.69) is 14.8 Å². The number of aromatic nitrogens is 2. The van der Waals surface area contributed by atoms with Gasteiger partial charge in [-0.3, -0.25) is 0 Å². The molecular formula is C4H7N3O2. The van der Waals surface area contributed by atoms with Crippen molar-refractivity contribution in [2.45, 2.75) is 0 Å². The van der Waals surface area contributed by atoms with E-state index in [0.717, 1.165) is 0 Å². The van der Waals surface area contributed by atoms with Gasteiger partial charge < -0.3 is 9.82 Å². The van der Waals surface area contributed by atoms with Crippen molar-refractivity contribution in [3.63, 3.8) is 0 Å². The quantitative estimate of drug-likeness (QED) is 0.448. The van der Waals surface area contributed by atoms with E-state index in [4.69, 9.17) is 4.91 Å². The molecule has 0 atom stereocenters. The summed E-state index contributed by atoms with van der Waals surface area (Å²) in [5, 5.41) is 1.99. The Labute approximate surface area is 52.0 Å². The predicted molar refractivity (Wildman–Crippen MR) is 31.4 cm³/mol. The fourth-order valence-corrected chi connectivity index (χ4v) is 0.215. The highest BCUT2D eigenvalue weighted by molar-refractivity contribution is 4.64. The second-order valence-electron chi connectivity index (χ2n) is 1.02. The molecular weight excluding hydrogens is 122 g/mol. The maximum atomic E-state index is 8.70. The molecule has 0 saturated carbocycles. The monoisotopic (exact) mass is 129 g/mol. The molecule has 50 valence electrons. The maximum absolute atomic E-state index is 8.70. The van der Waals surface area contributed by atoms with Crippen molar-refractivity contribution in [3.05, 3.63) is 23.6 Å². The molecule has 0 aliphatic carbocycles. The van der Waals surface area contributed by atoms with Crippen molar-refractivity contribution >= 4 is 0 Å². The summed E-state index contributed by atoms with van der Waals surface area (Å²) < 4.78 is 0. The summed E-state index contributed by atoms with van der Waals surface area (Å²) in [5.41, 5.74) is 0. The lowest BCUT2D eigenvalue weighted by molar-refractivity contribution is 0.208. The fraction of sp³-hybridized carbons (Fsp3) is 0.250. The van der Waals surface area contributed by atoms with Crippen LogP contribution in [0.3, 0.4) is 0 Å². The summed E-state index contributed by atoms with van der Waals surface area (Å²) >= 11 is 0. The first-order valence-electron chi connectivity index (χ1n) is 2.20. The van der Waals surface area contributed by atoms with Crippen LogP contribution in [0.25, 0.3) is 0 Å². The molecule has 0 spiro atoms. The zero-order valence-corrected chi connectivity index (χ0v) is 4.94. The third-order valence-corrected chi connectivity index (χ3v) is 0.480. The third kappa shape index (κ3) is 6.61. The van der Waals surface area contributed by atoms with E-state index in [9.17, 15) is 0 Å². The van der Waals surface area contributed by atoms with Gasteiger partial charge in [-0.2, -0.15) is 0 Å². The van der Waals surface area contributed by atoms with E-state index in [-0.39, 0.29) is 0 Å². The molecule has 5 heteroatoms. The van der Waals surface area contributed by atoms with E-state index in [1.807, 2.05) is 5.34 Å². The van der Waals surface area contributed by atoms with E-state index in [1.165, 1.54) is 7.11 Å². The minimum absolute atomic E-state index is 1.20. The van der Waals surface area contributed by atoms with Gasteiger partial charge in [-0.05, 0) is 0 Å². The lowest BCUT2D eigenvalue weighted by atomic mass is 11.0. The number of nitrogens with zero attached hydrogens (tertiary/aromatic N) is 2. The Morgan fingerprint density at radius 2 is 2.44 bits per heavy atom. The lowest BCUT2D eigenvalue weighted by Crippen LogP contribution is -1.53. The minimum atomic E-state index is 1.20. The predicted octanol–water partition coefficient (Wildman–Crippen LogP) is 0.724. The molecule has 9 heavy (non-hydrogen) atoms. The molecule has 1 rings (SSSR count). The van der Waals surface area contributed by atoms with Crippen molar-refractivity contribution in [1.29, 1.82) is 0 Å². The summed E-state index contributed by atoms with van der Waals surface area (Å²) in [6, 6.07) is 0. The molecule has 0 bridgehead atoms. The van der Waals surface area contributed by atoms with Crippen LogP contribution in [0.2, 0.25) is 0 Å². The van der Waals surface area contributed by atoms with Gasteiger partial charge in [-0.25, -0.2) is 4.98 Å². The van der Waals surface area contributed by atoms with Crippen LogP contribution in [0, 0.1) is 4.91 Å². The molecule has 0 aromatic carbocycles. The van der Waals surface area contributed by atoms with E-state index in [1.54, 1.807) is 18.7 Å². The van der Waals surface area contributed by atoms with Crippen LogP contribution in [-0.2, 0) is 4.84 Å². The van der Waals surface area contributed by atoms with Crippen molar-refractivity contribution < 1.29 is 4.84 Å². The van der Waals surface area contributed by atoms with Gasteiger partial charge in [-0.15, -0.1) is 4.91 Å². The van der Waals surface area contributed by atoms with Gasteiger partial charge in [0.1, 0.15) is 7.11 Å². The largest absolute Gasteiger partial charge is 0.367 e. The zero-order valence-electron chi connectivity index (χ0n) is 4.94. The molecule has 1 heterocycles. The van der Waals surface area contributed by atoms with Gasteiger partial charge >= 0.3 is 0 Å². The molecule has 0 amide bonds. The van der Waals surface area contributed by atoms with Gasteiger partial charge in [0.15, 0.2) is 5.34 Å². The maximum Gasteiger partial charge on any atom is 0.154 e. The summed E-state index contributed by atoms with van der Waals surface area (Å²) in [5.74, 6) is 0. The van der Waals surface area contributed by atoms with Crippen molar-refractivity contribution in [2.24, 2.45) is 5.34 Å². The Bertz CT molecular complexity index is 111. The fourth-order valence-electron chi connectivity index (χ4n) is 0.215. The van der Waals surface area contributed by atoms with Gasteiger partial charge in [0.05, 0.1) is 6.33 Å². The topological polar surface area (TPSA) is 67.3 Å². The number of hydrogen-bond donors (Lipinski definition) is 1. The first-order chi connectivity index (χ1) is 4.41. The second-order valence-corrected chi connectivity index (χ2v) is 1.02. The summed E-state index contributed by atoms with van der Waals surface area (Å²) in [6.07, 6.45) is 5.08. The van der Waals surface area contributed by atoms with Crippen molar-refractivity contribution in [1.82, 2.24) is 9.97 Å². The molecule has 0 saturated heterocycles. The van der Waals surface area contributed by atoms with Crippen LogP contribution in [0.15, 0.2) is 24.1 Å². The van der Waals surface area contributed by atoms with Crippen LogP contribution in [0.1, 0.15) is 0 Å². The van der Waals surface area contributed by atoms with Crippen LogP contribution in [0.4, 0.5) is 0 Å². The average Bonchev–Trinajstić information content (AvgIpc) is 2.43. The molecule has 0 unspecified atom stereocenters. The molecule has 0 aliphatic rings. The SMILES string of the molecule is CON=O.c1c[nH]cn1. The first-order valence-corrected chi connectivity index (χ1v) is 2.20. The van der Waals surface area contributed by atoms with Crippen LogP contribution >= 0.6 is 0 Å². The molecule has 1 aromatic rings. The van der Waals surface area contributed by atoms with Gasteiger partial charge in [0.2, 0.25) is 0 Å². The number of hydrogen-bond acceptors (Lipinski definition) is 4. The lowest BCUT2D eigenvalue weighted by Gasteiger charge is -1.63. The molecule has 5 nitrogen and oxygen atoms in total. The van der Waals surface area contributed by atoms with Crippen molar-refractivity contribution in [2.75, 3.05) is 7.11 Å². The van der Waals surface area contributed by atoms with Gasteiger partial charge in [0, 0.05) is 12.4 Å².